The van der Waals surface area contributed by atoms with Crippen LogP contribution < -0.4 is 5.32 Å². The molecule has 0 amide bonds. The van der Waals surface area contributed by atoms with E-state index in [2.05, 4.69) is 50.4 Å². The van der Waals surface area contributed by atoms with Crippen LogP contribution in [-0.4, -0.2) is 19.8 Å². The molecule has 120 valence electrons. The normalized spacial score (nSPS) is 14.1. The number of unbranched alkanes of at least 4 members (excludes halogenated alkanes) is 5. The summed E-state index contributed by atoms with van der Waals surface area (Å²) in [6.45, 7) is 7.42. The summed E-state index contributed by atoms with van der Waals surface area (Å²) in [7, 11) is 2.01. The standard InChI is InChI=1S/C19H33NO/c1-5-6-7-8-9-10-15-21-17(3)19(20-4)18-13-11-16(2)12-14-18/h11-14,17,19-20H,5-10,15H2,1-4H3. The van der Waals surface area contributed by atoms with E-state index >= 15 is 0 Å². The van der Waals surface area contributed by atoms with Gasteiger partial charge in [-0.05, 0) is 32.9 Å². The topological polar surface area (TPSA) is 21.3 Å². The third kappa shape index (κ3) is 7.10. The highest BCUT2D eigenvalue weighted by molar-refractivity contribution is 5.24. The Kier molecular flexibility index (Phi) is 9.36. The number of ether oxygens (including phenoxy) is 1. The first kappa shape index (κ1) is 18.2. The van der Waals surface area contributed by atoms with Crippen molar-refractivity contribution in [2.45, 2.75) is 71.4 Å². The Hall–Kier alpha value is -0.860. The summed E-state index contributed by atoms with van der Waals surface area (Å²) < 4.78 is 6.02. The lowest BCUT2D eigenvalue weighted by atomic mass is 10.0. The Morgan fingerprint density at radius 3 is 2.24 bits per heavy atom. The van der Waals surface area contributed by atoms with Gasteiger partial charge in [-0.15, -0.1) is 0 Å². The average molecular weight is 291 g/mol. The van der Waals surface area contributed by atoms with Gasteiger partial charge in [0.25, 0.3) is 0 Å². The molecule has 1 rings (SSSR count). The van der Waals surface area contributed by atoms with E-state index in [1.807, 2.05) is 7.05 Å². The molecule has 1 N–H and O–H groups in total. The van der Waals surface area contributed by atoms with Crippen LogP contribution in [0.3, 0.4) is 0 Å². The Morgan fingerprint density at radius 2 is 1.62 bits per heavy atom. The minimum atomic E-state index is 0.202. The molecule has 0 saturated carbocycles. The van der Waals surface area contributed by atoms with Crippen LogP contribution >= 0.6 is 0 Å². The molecule has 0 saturated heterocycles. The lowest BCUT2D eigenvalue weighted by Crippen LogP contribution is -2.29. The monoisotopic (exact) mass is 291 g/mol. The molecule has 21 heavy (non-hydrogen) atoms. The fourth-order valence-electron chi connectivity index (χ4n) is 2.69. The van der Waals surface area contributed by atoms with Crippen molar-refractivity contribution in [3.05, 3.63) is 35.4 Å². The SMILES string of the molecule is CCCCCCCCOC(C)C(NC)c1ccc(C)cc1. The van der Waals surface area contributed by atoms with E-state index in [4.69, 9.17) is 4.74 Å². The minimum Gasteiger partial charge on any atom is -0.377 e. The predicted molar refractivity (Wildman–Crippen MR) is 91.8 cm³/mol. The highest BCUT2D eigenvalue weighted by Crippen LogP contribution is 2.19. The second-order valence-corrected chi connectivity index (χ2v) is 6.02. The molecule has 0 spiro atoms. The van der Waals surface area contributed by atoms with Crippen molar-refractivity contribution in [3.8, 4) is 0 Å². The average Bonchev–Trinajstić information content (AvgIpc) is 2.49. The Labute approximate surface area is 131 Å². The molecule has 0 bridgehead atoms. The van der Waals surface area contributed by atoms with E-state index in [9.17, 15) is 0 Å². The highest BCUT2D eigenvalue weighted by atomic mass is 16.5. The molecule has 0 aliphatic carbocycles. The van der Waals surface area contributed by atoms with Crippen LogP contribution in [0.2, 0.25) is 0 Å². The van der Waals surface area contributed by atoms with Crippen LogP contribution in [0.25, 0.3) is 0 Å². The number of nitrogens with one attached hydrogen (secondary N) is 1. The summed E-state index contributed by atoms with van der Waals surface area (Å²) in [5.74, 6) is 0. The van der Waals surface area contributed by atoms with Crippen molar-refractivity contribution < 1.29 is 4.74 Å². The molecule has 0 fully saturated rings. The minimum absolute atomic E-state index is 0.202. The molecule has 1 aromatic rings. The summed E-state index contributed by atoms with van der Waals surface area (Å²) in [5, 5.41) is 3.38. The molecule has 0 aliphatic rings. The van der Waals surface area contributed by atoms with Crippen LogP contribution in [0.15, 0.2) is 24.3 Å². The van der Waals surface area contributed by atoms with Crippen molar-refractivity contribution in [1.29, 1.82) is 0 Å². The summed E-state index contributed by atoms with van der Waals surface area (Å²) >= 11 is 0. The largest absolute Gasteiger partial charge is 0.377 e. The van der Waals surface area contributed by atoms with Gasteiger partial charge in [0.1, 0.15) is 0 Å². The van der Waals surface area contributed by atoms with E-state index in [1.165, 1.54) is 49.7 Å². The second-order valence-electron chi connectivity index (χ2n) is 6.02. The van der Waals surface area contributed by atoms with Gasteiger partial charge < -0.3 is 10.1 Å². The maximum Gasteiger partial charge on any atom is 0.0741 e. The number of aryl methyl sites for hydroxylation is 1. The van der Waals surface area contributed by atoms with Crippen LogP contribution in [0.1, 0.15) is 69.5 Å². The molecular formula is C19H33NO. The van der Waals surface area contributed by atoms with Crippen molar-refractivity contribution in [2.24, 2.45) is 0 Å². The molecule has 2 unspecified atom stereocenters. The van der Waals surface area contributed by atoms with Crippen molar-refractivity contribution in [3.63, 3.8) is 0 Å². The van der Waals surface area contributed by atoms with Gasteiger partial charge in [-0.3, -0.25) is 0 Å². The maximum absolute atomic E-state index is 6.02. The Balaban J connectivity index is 2.28. The molecular weight excluding hydrogens is 258 g/mol. The van der Waals surface area contributed by atoms with Crippen molar-refractivity contribution in [2.75, 3.05) is 13.7 Å². The third-order valence-corrected chi connectivity index (χ3v) is 4.10. The number of likely N-dealkylation sites (N-methyl/N-ethyl adjacent to an activating group) is 1. The zero-order valence-electron chi connectivity index (χ0n) is 14.3. The summed E-state index contributed by atoms with van der Waals surface area (Å²) in [4.78, 5) is 0. The lowest BCUT2D eigenvalue weighted by molar-refractivity contribution is 0.0379. The van der Waals surface area contributed by atoms with E-state index in [0.717, 1.165) is 6.61 Å². The van der Waals surface area contributed by atoms with Crippen molar-refractivity contribution >= 4 is 0 Å². The van der Waals surface area contributed by atoms with E-state index in [1.54, 1.807) is 0 Å². The molecule has 0 aliphatic heterocycles. The zero-order valence-corrected chi connectivity index (χ0v) is 14.3. The Morgan fingerprint density at radius 1 is 1.00 bits per heavy atom. The van der Waals surface area contributed by atoms with Crippen LogP contribution in [0, 0.1) is 6.92 Å². The molecule has 2 heteroatoms. The van der Waals surface area contributed by atoms with Gasteiger partial charge in [-0.2, -0.15) is 0 Å². The Bertz CT molecular complexity index is 360. The van der Waals surface area contributed by atoms with Gasteiger partial charge >= 0.3 is 0 Å². The fraction of sp³-hybridized carbons (Fsp3) is 0.684. The van der Waals surface area contributed by atoms with Crippen LogP contribution in [0.4, 0.5) is 0 Å². The highest BCUT2D eigenvalue weighted by Gasteiger charge is 2.17. The number of hydrogen-bond donors (Lipinski definition) is 1. The van der Waals surface area contributed by atoms with Crippen LogP contribution in [0.5, 0.6) is 0 Å². The van der Waals surface area contributed by atoms with Crippen LogP contribution in [-0.2, 0) is 4.74 Å². The molecule has 0 radical (unpaired) electrons. The predicted octanol–water partition coefficient (Wildman–Crippen LogP) is 5.02. The zero-order chi connectivity index (χ0) is 15.5. The first-order valence-corrected chi connectivity index (χ1v) is 8.54. The van der Waals surface area contributed by atoms with E-state index in [-0.39, 0.29) is 12.1 Å². The lowest BCUT2D eigenvalue weighted by Gasteiger charge is -2.24. The van der Waals surface area contributed by atoms with Gasteiger partial charge in [-0.25, -0.2) is 0 Å². The summed E-state index contributed by atoms with van der Waals surface area (Å²) in [5.41, 5.74) is 2.60. The fourth-order valence-corrected chi connectivity index (χ4v) is 2.69. The number of hydrogen-bond acceptors (Lipinski definition) is 2. The summed E-state index contributed by atoms with van der Waals surface area (Å²) in [6.07, 6.45) is 8.07. The van der Waals surface area contributed by atoms with Gasteiger partial charge in [0, 0.05) is 6.61 Å². The van der Waals surface area contributed by atoms with Gasteiger partial charge in [0.2, 0.25) is 0 Å². The van der Waals surface area contributed by atoms with E-state index < -0.39 is 0 Å². The quantitative estimate of drug-likeness (QED) is 0.578. The van der Waals surface area contributed by atoms with Crippen molar-refractivity contribution in [1.82, 2.24) is 5.32 Å². The third-order valence-electron chi connectivity index (χ3n) is 4.10. The second kappa shape index (κ2) is 10.8. The number of benzene rings is 1. The molecule has 2 nitrogen and oxygen atoms in total. The number of rotatable bonds is 11. The maximum atomic E-state index is 6.02. The molecule has 0 aromatic heterocycles. The first-order valence-electron chi connectivity index (χ1n) is 8.54. The van der Waals surface area contributed by atoms with Gasteiger partial charge in [-0.1, -0.05) is 68.9 Å². The first-order chi connectivity index (χ1) is 10.2. The summed E-state index contributed by atoms with van der Waals surface area (Å²) in [6, 6.07) is 8.99. The smallest absolute Gasteiger partial charge is 0.0741 e. The molecule has 0 heterocycles. The van der Waals surface area contributed by atoms with Gasteiger partial charge in [0.05, 0.1) is 12.1 Å². The van der Waals surface area contributed by atoms with E-state index in [0.29, 0.717) is 0 Å². The molecule has 1 aromatic carbocycles. The van der Waals surface area contributed by atoms with Gasteiger partial charge in [0.15, 0.2) is 0 Å². The molecule has 2 atom stereocenters.